The van der Waals surface area contributed by atoms with E-state index < -0.39 is 11.7 Å². The number of alkyl halides is 3. The molecule has 0 saturated carbocycles. The Bertz CT molecular complexity index is 1230. The van der Waals surface area contributed by atoms with Crippen LogP contribution in [-0.2, 0) is 12.7 Å². The molecule has 1 heterocycles. The normalized spacial score (nSPS) is 11.6. The number of imidazole rings is 1. The third kappa shape index (κ3) is 4.01. The van der Waals surface area contributed by atoms with Crippen LogP contribution in [0.2, 0.25) is 0 Å². The molecule has 4 aromatic rings. The molecule has 0 atom stereocenters. The maximum Gasteiger partial charge on any atom is 0.416 e. The Hall–Kier alpha value is -3.68. The summed E-state index contributed by atoms with van der Waals surface area (Å²) in [6, 6.07) is 15.6. The van der Waals surface area contributed by atoms with E-state index in [0.29, 0.717) is 29.2 Å². The Kier molecular flexibility index (Phi) is 5.22. The van der Waals surface area contributed by atoms with E-state index in [1.807, 2.05) is 28.8 Å². The second-order valence-electron chi connectivity index (χ2n) is 6.96. The number of benzene rings is 3. The van der Waals surface area contributed by atoms with Gasteiger partial charge in [-0.05, 0) is 54.1 Å². The second kappa shape index (κ2) is 7.86. The van der Waals surface area contributed by atoms with Gasteiger partial charge in [-0.3, -0.25) is 0 Å². The topological polar surface area (TPSA) is 56.5 Å². The lowest BCUT2D eigenvalue weighted by Gasteiger charge is -2.12. The molecule has 0 saturated heterocycles. The monoisotopic (exact) mass is 428 g/mol. The van der Waals surface area contributed by atoms with Crippen LogP contribution in [0.5, 0.6) is 17.2 Å². The van der Waals surface area contributed by atoms with Crippen molar-refractivity contribution in [3.63, 3.8) is 0 Å². The number of aromatic hydroxyl groups is 1. The van der Waals surface area contributed by atoms with Gasteiger partial charge in [-0.2, -0.15) is 13.2 Å². The van der Waals surface area contributed by atoms with Gasteiger partial charge in [0.25, 0.3) is 0 Å². The van der Waals surface area contributed by atoms with Crippen molar-refractivity contribution in [2.24, 2.45) is 0 Å². The fraction of sp³-hybridized carbons (Fsp3) is 0.174. The fourth-order valence-corrected chi connectivity index (χ4v) is 3.42. The van der Waals surface area contributed by atoms with Crippen molar-refractivity contribution in [2.75, 3.05) is 14.2 Å². The highest BCUT2D eigenvalue weighted by atomic mass is 19.4. The molecule has 0 spiro atoms. The number of phenolic OH excluding ortho intramolecular Hbond substituents is 1. The molecular weight excluding hydrogens is 409 g/mol. The molecule has 3 aromatic carbocycles. The highest BCUT2D eigenvalue weighted by Gasteiger charge is 2.31. The molecule has 4 rings (SSSR count). The van der Waals surface area contributed by atoms with E-state index >= 15 is 0 Å². The van der Waals surface area contributed by atoms with E-state index in [9.17, 15) is 18.3 Å². The quantitative estimate of drug-likeness (QED) is 0.457. The molecule has 8 heteroatoms. The van der Waals surface area contributed by atoms with Crippen molar-refractivity contribution >= 4 is 11.0 Å². The average Bonchev–Trinajstić information content (AvgIpc) is 3.11. The third-order valence-electron chi connectivity index (χ3n) is 5.01. The molecular formula is C23H19F3N2O3. The van der Waals surface area contributed by atoms with Gasteiger partial charge in [-0.25, -0.2) is 4.98 Å². The fourth-order valence-electron chi connectivity index (χ4n) is 3.42. The number of aromatic nitrogens is 2. The molecule has 1 N–H and O–H groups in total. The van der Waals surface area contributed by atoms with Crippen LogP contribution < -0.4 is 9.47 Å². The Morgan fingerprint density at radius 3 is 2.32 bits per heavy atom. The summed E-state index contributed by atoms with van der Waals surface area (Å²) < 4.78 is 51.9. The van der Waals surface area contributed by atoms with Crippen molar-refractivity contribution < 1.29 is 27.8 Å². The Labute approximate surface area is 176 Å². The molecule has 1 aromatic heterocycles. The minimum absolute atomic E-state index is 0.0385. The van der Waals surface area contributed by atoms with Gasteiger partial charge in [-0.1, -0.05) is 12.1 Å². The predicted molar refractivity (Wildman–Crippen MR) is 110 cm³/mol. The van der Waals surface area contributed by atoms with Gasteiger partial charge in [0.05, 0.1) is 30.8 Å². The van der Waals surface area contributed by atoms with Gasteiger partial charge in [-0.15, -0.1) is 0 Å². The van der Waals surface area contributed by atoms with Crippen molar-refractivity contribution in [2.45, 2.75) is 12.7 Å². The number of ether oxygens (including phenoxy) is 2. The van der Waals surface area contributed by atoms with Gasteiger partial charge in [0, 0.05) is 12.1 Å². The summed E-state index contributed by atoms with van der Waals surface area (Å²) in [6.07, 6.45) is -4.46. The number of methoxy groups -OCH3 is 2. The molecule has 0 unspecified atom stereocenters. The average molecular weight is 428 g/mol. The maximum atomic E-state index is 13.2. The van der Waals surface area contributed by atoms with Crippen LogP contribution in [0.15, 0.2) is 60.7 Å². The van der Waals surface area contributed by atoms with Crippen LogP contribution in [0.3, 0.4) is 0 Å². The van der Waals surface area contributed by atoms with Gasteiger partial charge >= 0.3 is 6.18 Å². The lowest BCUT2D eigenvalue weighted by atomic mass is 10.1. The molecule has 160 valence electrons. The number of nitrogens with zero attached hydrogens (tertiary/aromatic N) is 2. The summed E-state index contributed by atoms with van der Waals surface area (Å²) in [4.78, 5) is 4.49. The zero-order valence-corrected chi connectivity index (χ0v) is 16.8. The molecule has 0 aliphatic carbocycles. The summed E-state index contributed by atoms with van der Waals surface area (Å²) in [5.41, 5.74) is 1.56. The Balaban J connectivity index is 1.88. The van der Waals surface area contributed by atoms with Gasteiger partial charge in [0.1, 0.15) is 11.6 Å². The van der Waals surface area contributed by atoms with Crippen molar-refractivity contribution in [1.29, 1.82) is 0 Å². The summed E-state index contributed by atoms with van der Waals surface area (Å²) in [5.74, 6) is 1.38. The van der Waals surface area contributed by atoms with Crippen LogP contribution in [0.4, 0.5) is 13.2 Å². The highest BCUT2D eigenvalue weighted by molar-refractivity contribution is 5.82. The second-order valence-corrected chi connectivity index (χ2v) is 6.96. The first-order chi connectivity index (χ1) is 14.8. The number of hydrogen-bond donors (Lipinski definition) is 1. The number of phenols is 1. The third-order valence-corrected chi connectivity index (χ3v) is 5.01. The van der Waals surface area contributed by atoms with Crippen molar-refractivity contribution in [1.82, 2.24) is 9.55 Å². The van der Waals surface area contributed by atoms with Crippen LogP contribution in [-0.4, -0.2) is 28.9 Å². The van der Waals surface area contributed by atoms with Crippen molar-refractivity contribution in [3.8, 4) is 28.6 Å². The van der Waals surface area contributed by atoms with E-state index in [2.05, 4.69) is 4.98 Å². The van der Waals surface area contributed by atoms with E-state index in [1.165, 1.54) is 19.2 Å². The standard InChI is InChI=1S/C23H19F3N2O3/c1-30-17-7-3-14(4-8-17)13-28-19-9-6-16(23(24,25)26)12-18(19)27-22(28)15-5-10-20(29)21(11-15)31-2/h3-12,29H,13H2,1-2H3. The maximum absolute atomic E-state index is 13.2. The van der Waals surface area contributed by atoms with Crippen molar-refractivity contribution in [3.05, 3.63) is 71.8 Å². The summed E-state index contributed by atoms with van der Waals surface area (Å²) in [7, 11) is 3.00. The minimum Gasteiger partial charge on any atom is -0.504 e. The molecule has 31 heavy (non-hydrogen) atoms. The summed E-state index contributed by atoms with van der Waals surface area (Å²) >= 11 is 0. The van der Waals surface area contributed by atoms with Gasteiger partial charge < -0.3 is 19.1 Å². The summed E-state index contributed by atoms with van der Waals surface area (Å²) in [6.45, 7) is 0.379. The molecule has 0 radical (unpaired) electrons. The molecule has 0 fully saturated rings. The SMILES string of the molecule is COc1ccc(Cn2c(-c3ccc(O)c(OC)c3)nc3cc(C(F)(F)F)ccc32)cc1. The molecule has 0 amide bonds. The van der Waals surface area contributed by atoms with E-state index in [4.69, 9.17) is 9.47 Å². The number of halogens is 3. The molecule has 5 nitrogen and oxygen atoms in total. The van der Waals surface area contributed by atoms with Gasteiger partial charge in [0.2, 0.25) is 0 Å². The smallest absolute Gasteiger partial charge is 0.416 e. The number of rotatable bonds is 5. The van der Waals surface area contributed by atoms with Crippen LogP contribution in [0, 0.1) is 0 Å². The minimum atomic E-state index is -4.46. The lowest BCUT2D eigenvalue weighted by molar-refractivity contribution is -0.137. The number of fused-ring (bicyclic) bond motifs is 1. The van der Waals surface area contributed by atoms with Gasteiger partial charge in [0.15, 0.2) is 11.5 Å². The summed E-state index contributed by atoms with van der Waals surface area (Å²) in [5, 5.41) is 9.91. The Morgan fingerprint density at radius 1 is 0.935 bits per heavy atom. The van der Waals surface area contributed by atoms with E-state index in [-0.39, 0.29) is 17.0 Å². The molecule has 0 bridgehead atoms. The molecule has 0 aliphatic heterocycles. The lowest BCUT2D eigenvalue weighted by Crippen LogP contribution is -2.05. The van der Waals surface area contributed by atoms with Crippen LogP contribution in [0.1, 0.15) is 11.1 Å². The van der Waals surface area contributed by atoms with Crippen LogP contribution in [0.25, 0.3) is 22.4 Å². The highest BCUT2D eigenvalue weighted by Crippen LogP contribution is 2.35. The number of hydrogen-bond acceptors (Lipinski definition) is 4. The Morgan fingerprint density at radius 2 is 1.68 bits per heavy atom. The molecule has 0 aliphatic rings. The van der Waals surface area contributed by atoms with E-state index in [0.717, 1.165) is 17.7 Å². The van der Waals surface area contributed by atoms with Crippen LogP contribution >= 0.6 is 0 Å². The zero-order chi connectivity index (χ0) is 22.2. The predicted octanol–water partition coefficient (Wildman–Crippen LogP) is 5.49. The van der Waals surface area contributed by atoms with E-state index in [1.54, 1.807) is 19.2 Å². The first kappa shape index (κ1) is 20.6. The zero-order valence-electron chi connectivity index (χ0n) is 16.8. The first-order valence-corrected chi connectivity index (χ1v) is 9.38. The first-order valence-electron chi connectivity index (χ1n) is 9.38. The largest absolute Gasteiger partial charge is 0.504 e.